The maximum Gasteiger partial charge on any atom is 0.134 e. The van der Waals surface area contributed by atoms with Crippen LogP contribution in [0.4, 0.5) is 8.78 Å². The maximum atomic E-state index is 14.5. The van der Waals surface area contributed by atoms with E-state index < -0.39 is 17.7 Å². The van der Waals surface area contributed by atoms with E-state index in [1.54, 1.807) is 6.92 Å². The third kappa shape index (κ3) is 3.16. The van der Waals surface area contributed by atoms with Gasteiger partial charge in [-0.25, -0.2) is 8.78 Å². The second kappa shape index (κ2) is 6.67. The predicted molar refractivity (Wildman–Crippen MR) is 85.5 cm³/mol. The van der Waals surface area contributed by atoms with Crippen LogP contribution in [0.1, 0.15) is 35.2 Å². The summed E-state index contributed by atoms with van der Waals surface area (Å²) in [5.74, 6) is -1.02. The Morgan fingerprint density at radius 2 is 1.81 bits per heavy atom. The molecule has 0 spiro atoms. The number of halogens is 3. The van der Waals surface area contributed by atoms with Crippen LogP contribution >= 0.6 is 15.9 Å². The molecule has 1 nitrogen and oxygen atoms in total. The minimum Gasteiger partial charge on any atom is -0.306 e. The number of rotatable bonds is 4. The zero-order chi connectivity index (χ0) is 15.6. The summed E-state index contributed by atoms with van der Waals surface area (Å²) in [6, 6.07) is 7.99. The molecule has 0 fully saturated rings. The monoisotopic (exact) mass is 353 g/mol. The van der Waals surface area contributed by atoms with Crippen LogP contribution in [0.3, 0.4) is 0 Å². The van der Waals surface area contributed by atoms with Crippen molar-refractivity contribution in [1.29, 1.82) is 0 Å². The van der Waals surface area contributed by atoms with Gasteiger partial charge in [0.05, 0.1) is 6.04 Å². The highest BCUT2D eigenvalue weighted by Gasteiger charge is 2.24. The molecule has 112 valence electrons. The average molecular weight is 354 g/mol. The molecule has 0 saturated carbocycles. The molecule has 21 heavy (non-hydrogen) atoms. The molecule has 0 aliphatic rings. The Labute approximate surface area is 132 Å². The molecule has 1 unspecified atom stereocenters. The smallest absolute Gasteiger partial charge is 0.134 e. The van der Waals surface area contributed by atoms with Crippen molar-refractivity contribution in [3.05, 3.63) is 68.7 Å². The lowest BCUT2D eigenvalue weighted by Crippen LogP contribution is -2.25. The van der Waals surface area contributed by atoms with Gasteiger partial charge in [0.15, 0.2) is 0 Å². The Bertz CT molecular complexity index is 655. The normalized spacial score (nSPS) is 12.5. The van der Waals surface area contributed by atoms with E-state index in [4.69, 9.17) is 0 Å². The highest BCUT2D eigenvalue weighted by Crippen LogP contribution is 2.34. The first kappa shape index (κ1) is 16.1. The first-order valence-corrected chi connectivity index (χ1v) is 7.69. The summed E-state index contributed by atoms with van der Waals surface area (Å²) >= 11 is 3.53. The highest BCUT2D eigenvalue weighted by molar-refractivity contribution is 9.10. The molecule has 2 aromatic rings. The van der Waals surface area contributed by atoms with Gasteiger partial charge in [-0.2, -0.15) is 0 Å². The van der Waals surface area contributed by atoms with E-state index in [0.29, 0.717) is 12.1 Å². The van der Waals surface area contributed by atoms with Crippen LogP contribution in [0.15, 0.2) is 34.8 Å². The van der Waals surface area contributed by atoms with E-state index in [9.17, 15) is 8.78 Å². The molecule has 0 amide bonds. The summed E-state index contributed by atoms with van der Waals surface area (Å²) in [7, 11) is 0. The van der Waals surface area contributed by atoms with Crippen molar-refractivity contribution in [2.24, 2.45) is 0 Å². The van der Waals surface area contributed by atoms with Gasteiger partial charge in [0, 0.05) is 10.0 Å². The highest BCUT2D eigenvalue weighted by atomic mass is 79.9. The minimum atomic E-state index is -0.530. The molecule has 2 rings (SSSR count). The van der Waals surface area contributed by atoms with Crippen molar-refractivity contribution < 1.29 is 8.78 Å². The second-order valence-electron chi connectivity index (χ2n) is 5.06. The standard InChI is InChI=1S/C17H18BrF2N/c1-4-21-17(12-7-5-6-10(2)15(12)18)14-13(19)9-8-11(3)16(14)20/h5-9,17,21H,4H2,1-3H3. The molecular weight excluding hydrogens is 336 g/mol. The van der Waals surface area contributed by atoms with Gasteiger partial charge < -0.3 is 5.32 Å². The van der Waals surface area contributed by atoms with Crippen LogP contribution in [0, 0.1) is 25.5 Å². The molecule has 0 aliphatic heterocycles. The number of hydrogen-bond acceptors (Lipinski definition) is 1. The molecule has 0 aliphatic carbocycles. The molecule has 1 N–H and O–H groups in total. The van der Waals surface area contributed by atoms with Gasteiger partial charge in [-0.1, -0.05) is 47.1 Å². The van der Waals surface area contributed by atoms with Gasteiger partial charge in [0.25, 0.3) is 0 Å². The zero-order valence-corrected chi connectivity index (χ0v) is 13.9. The van der Waals surface area contributed by atoms with E-state index >= 15 is 0 Å². The summed E-state index contributed by atoms with van der Waals surface area (Å²) in [5, 5.41) is 3.18. The Hall–Kier alpha value is -1.26. The Balaban J connectivity index is 2.65. The lowest BCUT2D eigenvalue weighted by molar-refractivity contribution is 0.505. The fourth-order valence-corrected chi connectivity index (χ4v) is 2.90. The van der Waals surface area contributed by atoms with E-state index in [0.717, 1.165) is 15.6 Å². The summed E-state index contributed by atoms with van der Waals surface area (Å²) in [6.07, 6.45) is 0. The van der Waals surface area contributed by atoms with Gasteiger partial charge in [0.1, 0.15) is 11.6 Å². The Morgan fingerprint density at radius 1 is 1.10 bits per heavy atom. The quantitative estimate of drug-likeness (QED) is 0.811. The van der Waals surface area contributed by atoms with Crippen LogP contribution in [-0.4, -0.2) is 6.54 Å². The zero-order valence-electron chi connectivity index (χ0n) is 12.3. The van der Waals surface area contributed by atoms with E-state index in [1.165, 1.54) is 12.1 Å². The van der Waals surface area contributed by atoms with Crippen LogP contribution < -0.4 is 5.32 Å². The fourth-order valence-electron chi connectivity index (χ4n) is 2.41. The second-order valence-corrected chi connectivity index (χ2v) is 5.85. The summed E-state index contributed by atoms with van der Waals surface area (Å²) in [6.45, 7) is 6.13. The molecule has 0 saturated heterocycles. The number of benzene rings is 2. The summed E-state index contributed by atoms with van der Waals surface area (Å²) < 4.78 is 29.6. The number of nitrogens with one attached hydrogen (secondary N) is 1. The van der Waals surface area contributed by atoms with Crippen LogP contribution in [0.2, 0.25) is 0 Å². The number of aryl methyl sites for hydroxylation is 2. The summed E-state index contributed by atoms with van der Waals surface area (Å²) in [4.78, 5) is 0. The first-order chi connectivity index (χ1) is 9.97. The van der Waals surface area contributed by atoms with Crippen LogP contribution in [-0.2, 0) is 0 Å². The van der Waals surface area contributed by atoms with Gasteiger partial charge in [0.2, 0.25) is 0 Å². The lowest BCUT2D eigenvalue weighted by Gasteiger charge is -2.22. The Kier molecular flexibility index (Phi) is 5.12. The predicted octanol–water partition coefficient (Wildman–Crippen LogP) is 5.04. The van der Waals surface area contributed by atoms with Crippen LogP contribution in [0.5, 0.6) is 0 Å². The van der Waals surface area contributed by atoms with Crippen molar-refractivity contribution >= 4 is 15.9 Å². The minimum absolute atomic E-state index is 0.0724. The maximum absolute atomic E-state index is 14.5. The lowest BCUT2D eigenvalue weighted by atomic mass is 9.95. The van der Waals surface area contributed by atoms with Crippen molar-refractivity contribution in [2.45, 2.75) is 26.8 Å². The van der Waals surface area contributed by atoms with Gasteiger partial charge >= 0.3 is 0 Å². The third-order valence-corrected chi connectivity index (χ3v) is 4.63. The molecule has 0 bridgehead atoms. The fraction of sp³-hybridized carbons (Fsp3) is 0.294. The van der Waals surface area contributed by atoms with Gasteiger partial charge in [-0.15, -0.1) is 0 Å². The molecule has 0 heterocycles. The summed E-state index contributed by atoms with van der Waals surface area (Å²) in [5.41, 5.74) is 2.38. The van der Waals surface area contributed by atoms with Crippen molar-refractivity contribution in [3.63, 3.8) is 0 Å². The largest absolute Gasteiger partial charge is 0.306 e. The van der Waals surface area contributed by atoms with Crippen molar-refractivity contribution in [1.82, 2.24) is 5.32 Å². The van der Waals surface area contributed by atoms with E-state index in [-0.39, 0.29) is 5.56 Å². The average Bonchev–Trinajstić information content (AvgIpc) is 2.45. The van der Waals surface area contributed by atoms with Crippen LogP contribution in [0.25, 0.3) is 0 Å². The molecule has 4 heteroatoms. The number of hydrogen-bond donors (Lipinski definition) is 1. The van der Waals surface area contributed by atoms with Gasteiger partial charge in [-0.3, -0.25) is 0 Å². The third-order valence-electron chi connectivity index (χ3n) is 3.55. The topological polar surface area (TPSA) is 12.0 Å². The molecule has 0 aromatic heterocycles. The van der Waals surface area contributed by atoms with Gasteiger partial charge in [-0.05, 0) is 43.1 Å². The van der Waals surface area contributed by atoms with E-state index in [1.807, 2.05) is 32.0 Å². The molecule has 2 aromatic carbocycles. The van der Waals surface area contributed by atoms with E-state index in [2.05, 4.69) is 21.2 Å². The van der Waals surface area contributed by atoms with Crippen molar-refractivity contribution in [2.75, 3.05) is 6.54 Å². The molecule has 1 atom stereocenters. The Morgan fingerprint density at radius 3 is 2.48 bits per heavy atom. The molecular formula is C17H18BrF2N. The van der Waals surface area contributed by atoms with Crippen molar-refractivity contribution in [3.8, 4) is 0 Å². The first-order valence-electron chi connectivity index (χ1n) is 6.90. The SMILES string of the molecule is CCNC(c1cccc(C)c1Br)c1c(F)ccc(C)c1F. The molecule has 0 radical (unpaired) electrons.